The lowest BCUT2D eigenvalue weighted by Crippen LogP contribution is -2.71. The number of nitrogen functional groups attached to an aromatic ring is 1. The highest BCUT2D eigenvalue weighted by atomic mass is 32.2. The third-order valence-electron chi connectivity index (χ3n) is 6.61. The van der Waals surface area contributed by atoms with Crippen molar-refractivity contribution in [2.45, 2.75) is 35.6 Å². The maximum atomic E-state index is 13.1. The van der Waals surface area contributed by atoms with E-state index in [-0.39, 0.29) is 22.2 Å². The van der Waals surface area contributed by atoms with Crippen molar-refractivity contribution >= 4 is 69.5 Å². The lowest BCUT2D eigenvalue weighted by molar-refractivity contribution is -0.679. The number of nitrogens with zero attached hydrogens (tertiary/aromatic N) is 4. The summed E-state index contributed by atoms with van der Waals surface area (Å²) in [4.78, 5) is 60.0. The van der Waals surface area contributed by atoms with Gasteiger partial charge in [0.2, 0.25) is 6.61 Å². The summed E-state index contributed by atoms with van der Waals surface area (Å²) in [5.41, 5.74) is 8.29. The monoisotopic (exact) mass is 604 g/mol. The number of nitrogens with one attached hydrogen (secondary N) is 1. The fraction of sp³-hybridized carbons (Fsp3) is 0.375. The number of nitrogens with two attached hydrogens (primary N) is 1. The van der Waals surface area contributed by atoms with E-state index < -0.39 is 41.8 Å². The number of rotatable bonds is 10. The van der Waals surface area contributed by atoms with E-state index >= 15 is 0 Å². The molecule has 2 aliphatic heterocycles. The molecule has 2 atom stereocenters. The van der Waals surface area contributed by atoms with Gasteiger partial charge >= 0.3 is 5.97 Å². The Kier molecular flexibility index (Phi) is 8.00. The van der Waals surface area contributed by atoms with Gasteiger partial charge in [0.05, 0.1) is 11.7 Å². The number of carbonyl (C=O) groups excluding carboxylic acids is 3. The molecule has 40 heavy (non-hydrogen) atoms. The van der Waals surface area contributed by atoms with Crippen LogP contribution >= 0.6 is 34.9 Å². The number of hydrogen-bond acceptors (Lipinski definition) is 12. The van der Waals surface area contributed by atoms with E-state index in [0.717, 1.165) is 40.4 Å². The van der Waals surface area contributed by atoms with Gasteiger partial charge in [0, 0.05) is 39.8 Å². The second-order valence-electron chi connectivity index (χ2n) is 9.14. The highest BCUT2D eigenvalue weighted by molar-refractivity contribution is 8.01. The van der Waals surface area contributed by atoms with E-state index in [4.69, 9.17) is 15.7 Å². The molecule has 2 aromatic rings. The Morgan fingerprint density at radius 2 is 2.20 bits per heavy atom. The molecule has 0 bridgehead atoms. The zero-order valence-electron chi connectivity index (χ0n) is 21.1. The van der Waals surface area contributed by atoms with Gasteiger partial charge in [-0.1, -0.05) is 5.16 Å². The van der Waals surface area contributed by atoms with E-state index in [1.807, 2.05) is 19.3 Å². The first-order chi connectivity index (χ1) is 19.2. The van der Waals surface area contributed by atoms with Crippen molar-refractivity contribution in [2.24, 2.45) is 12.2 Å². The Bertz CT molecular complexity index is 1470. The van der Waals surface area contributed by atoms with Crippen LogP contribution in [0.4, 0.5) is 5.13 Å². The van der Waals surface area contributed by atoms with Gasteiger partial charge in [0.15, 0.2) is 22.7 Å². The van der Waals surface area contributed by atoms with Crippen molar-refractivity contribution in [3.63, 3.8) is 0 Å². The summed E-state index contributed by atoms with van der Waals surface area (Å²) >= 11 is 3.91. The van der Waals surface area contributed by atoms with Gasteiger partial charge in [0.1, 0.15) is 24.2 Å². The Hall–Kier alpha value is -3.63. The van der Waals surface area contributed by atoms with Crippen molar-refractivity contribution < 1.29 is 38.8 Å². The van der Waals surface area contributed by atoms with Crippen LogP contribution in [-0.2, 0) is 43.9 Å². The fourth-order valence-corrected chi connectivity index (χ4v) is 7.94. The third-order valence-corrected chi connectivity index (χ3v) is 9.81. The van der Waals surface area contributed by atoms with E-state index in [0.29, 0.717) is 17.1 Å². The van der Waals surface area contributed by atoms with Crippen LogP contribution in [0.1, 0.15) is 23.4 Å². The van der Waals surface area contributed by atoms with Gasteiger partial charge in [-0.3, -0.25) is 14.5 Å². The van der Waals surface area contributed by atoms with Crippen molar-refractivity contribution in [3.05, 3.63) is 45.9 Å². The standard InChI is InChI=1S/C24H24N6O7S3/c1-29-6-5-15(12-3-2-4-14(12)29)38-8-11-9-39-22-18(21(34)30(22)19(11)23(35)36)27-20(33)17(28-37-7-16(31)32)13-10-40-24(25)26-13/h5-6,10,18,22H,2-4,7-9H2,1H3,(H4-,25,26,27,31,32,33,35,36)/b28-17-/t18-,22-/m1/s1. The number of aromatic nitrogens is 2. The van der Waals surface area contributed by atoms with Crippen molar-refractivity contribution in [3.8, 4) is 0 Å². The van der Waals surface area contributed by atoms with Gasteiger partial charge in [-0.15, -0.1) is 34.9 Å². The van der Waals surface area contributed by atoms with Crippen molar-refractivity contribution in [1.29, 1.82) is 0 Å². The van der Waals surface area contributed by atoms with Gasteiger partial charge in [-0.05, 0) is 18.4 Å². The van der Waals surface area contributed by atoms with Gasteiger partial charge in [-0.25, -0.2) is 14.3 Å². The summed E-state index contributed by atoms with van der Waals surface area (Å²) in [6.45, 7) is -0.796. The summed E-state index contributed by atoms with van der Waals surface area (Å²) < 4.78 is 2.12. The maximum absolute atomic E-state index is 13.1. The van der Waals surface area contributed by atoms with E-state index in [2.05, 4.69) is 20.0 Å². The predicted octanol–water partition coefficient (Wildman–Crippen LogP) is -0.960. The second kappa shape index (κ2) is 11.5. The highest BCUT2D eigenvalue weighted by Crippen LogP contribution is 2.42. The molecule has 0 spiro atoms. The number of carbonyl (C=O) groups is 4. The summed E-state index contributed by atoms with van der Waals surface area (Å²) in [6.07, 6.45) is 5.06. The van der Waals surface area contributed by atoms with Gasteiger partial charge in [-0.2, -0.15) is 0 Å². The number of oxime groups is 1. The van der Waals surface area contributed by atoms with Crippen LogP contribution in [0.15, 0.2) is 39.0 Å². The minimum atomic E-state index is -1.45. The number of fused-ring (bicyclic) bond motifs is 2. The first kappa shape index (κ1) is 27.9. The molecule has 13 nitrogen and oxygen atoms in total. The van der Waals surface area contributed by atoms with Crippen LogP contribution in [0.25, 0.3) is 0 Å². The summed E-state index contributed by atoms with van der Waals surface area (Å²) in [5.74, 6) is -3.49. The molecule has 4 heterocycles. The van der Waals surface area contributed by atoms with E-state index in [9.17, 15) is 24.3 Å². The highest BCUT2D eigenvalue weighted by Gasteiger charge is 2.53. The predicted molar refractivity (Wildman–Crippen MR) is 144 cm³/mol. The number of thiazole rings is 1. The number of hydrogen-bond donors (Lipinski definition) is 3. The molecule has 0 saturated carbocycles. The normalized spacial score (nSPS) is 20.1. The third kappa shape index (κ3) is 5.38. The number of aryl methyl sites for hydroxylation is 1. The molecule has 2 aromatic heterocycles. The van der Waals surface area contributed by atoms with Crippen LogP contribution < -0.4 is 20.7 Å². The molecule has 0 aromatic carbocycles. The largest absolute Gasteiger partial charge is 0.543 e. The molecule has 1 fully saturated rings. The molecule has 0 unspecified atom stereocenters. The molecule has 2 amide bonds. The van der Waals surface area contributed by atoms with Crippen LogP contribution in [-0.4, -0.2) is 74.0 Å². The minimum Gasteiger partial charge on any atom is -0.543 e. The molecule has 16 heteroatoms. The SMILES string of the molecule is C[n+]1ccc(SCC2=C(C(=O)[O-])N3C(=O)[C@@H](NC(=O)/C(=N\OCC(=O)O)c4csc(N)n4)[C@H]3SC2)c2c1CCC2. The van der Waals surface area contributed by atoms with Crippen molar-refractivity contribution in [1.82, 2.24) is 15.2 Å². The van der Waals surface area contributed by atoms with Gasteiger partial charge in [0.25, 0.3) is 11.8 Å². The Balaban J connectivity index is 1.31. The van der Waals surface area contributed by atoms with Crippen LogP contribution in [0, 0.1) is 0 Å². The number of amides is 2. The number of anilines is 1. The van der Waals surface area contributed by atoms with Crippen LogP contribution in [0.5, 0.6) is 0 Å². The number of carboxylic acid groups (broad SMARTS) is 2. The molecule has 5 rings (SSSR count). The first-order valence-electron chi connectivity index (χ1n) is 12.1. The van der Waals surface area contributed by atoms with E-state index in [1.165, 1.54) is 28.4 Å². The summed E-state index contributed by atoms with van der Waals surface area (Å²) in [6, 6.07) is 0.988. The number of pyridine rings is 1. The molecule has 3 aliphatic rings. The average Bonchev–Trinajstić information content (AvgIpc) is 3.58. The van der Waals surface area contributed by atoms with Crippen LogP contribution in [0.2, 0.25) is 0 Å². The Morgan fingerprint density at radius 1 is 1.40 bits per heavy atom. The quantitative estimate of drug-likeness (QED) is 0.0995. The number of thioether (sulfide) groups is 2. The first-order valence-corrected chi connectivity index (χ1v) is 15.0. The van der Waals surface area contributed by atoms with Crippen LogP contribution in [0.3, 0.4) is 0 Å². The zero-order chi connectivity index (χ0) is 28.6. The second-order valence-corrected chi connectivity index (χ2v) is 12.1. The van der Waals surface area contributed by atoms with Crippen molar-refractivity contribution in [2.75, 3.05) is 23.8 Å². The fourth-order valence-electron chi connectivity index (χ4n) is 4.80. The molecular weight excluding hydrogens is 581 g/mol. The maximum Gasteiger partial charge on any atom is 0.344 e. The number of β-lactam (4-membered cyclic amide) rings is 1. The molecule has 0 radical (unpaired) electrons. The molecule has 210 valence electrons. The molecule has 4 N–H and O–H groups in total. The summed E-state index contributed by atoms with van der Waals surface area (Å²) in [7, 11) is 2.02. The number of aliphatic carboxylic acids is 2. The van der Waals surface area contributed by atoms with E-state index in [1.54, 1.807) is 11.8 Å². The number of carboxylic acids is 2. The summed E-state index contributed by atoms with van der Waals surface area (Å²) in [5, 5.41) is 28.0. The Morgan fingerprint density at radius 3 is 2.90 bits per heavy atom. The topological polar surface area (TPSA) is 191 Å². The van der Waals surface area contributed by atoms with Gasteiger partial charge < -0.3 is 30.9 Å². The smallest absolute Gasteiger partial charge is 0.344 e. The minimum absolute atomic E-state index is 0.0425. The lowest BCUT2D eigenvalue weighted by Gasteiger charge is -2.50. The molecular formula is C24H24N6O7S3. The zero-order valence-corrected chi connectivity index (χ0v) is 23.6. The lowest BCUT2D eigenvalue weighted by atomic mass is 10.0. The Labute approximate surface area is 240 Å². The average molecular weight is 605 g/mol. The molecule has 1 aliphatic carbocycles. The molecule has 1 saturated heterocycles.